The molecule has 0 saturated carbocycles. The largest absolute Gasteiger partial charge is 0.309 e. The van der Waals surface area contributed by atoms with Gasteiger partial charge in [0.2, 0.25) is 5.91 Å². The van der Waals surface area contributed by atoms with Gasteiger partial charge in [0, 0.05) is 11.1 Å². The molecule has 30 heavy (non-hydrogen) atoms. The van der Waals surface area contributed by atoms with Crippen molar-refractivity contribution in [2.24, 2.45) is 0 Å². The summed E-state index contributed by atoms with van der Waals surface area (Å²) in [4.78, 5) is 29.5. The van der Waals surface area contributed by atoms with Gasteiger partial charge in [-0.2, -0.15) is 5.10 Å². The molecular formula is C21H17Cl2N5O2. The van der Waals surface area contributed by atoms with Crippen LogP contribution in [0.5, 0.6) is 0 Å². The molecule has 0 unspecified atom stereocenters. The number of aryl methyl sites for hydroxylation is 1. The average Bonchev–Trinajstić information content (AvgIpc) is 3.11. The minimum absolute atomic E-state index is 0.207. The first-order valence-electron chi connectivity index (χ1n) is 9.12. The molecule has 2 aromatic heterocycles. The minimum Gasteiger partial charge on any atom is -0.309 e. The highest BCUT2D eigenvalue weighted by Crippen LogP contribution is 2.24. The zero-order valence-corrected chi connectivity index (χ0v) is 17.5. The van der Waals surface area contributed by atoms with Crippen LogP contribution in [0.15, 0.2) is 59.8 Å². The molecule has 0 aliphatic rings. The molecule has 0 bridgehead atoms. The van der Waals surface area contributed by atoms with E-state index in [9.17, 15) is 9.59 Å². The second-order valence-corrected chi connectivity index (χ2v) is 7.72. The van der Waals surface area contributed by atoms with Gasteiger partial charge in [0.25, 0.3) is 5.56 Å². The molecule has 1 amide bonds. The van der Waals surface area contributed by atoms with Crippen LogP contribution >= 0.6 is 23.2 Å². The summed E-state index contributed by atoms with van der Waals surface area (Å²) in [5.41, 5.74) is 2.17. The van der Waals surface area contributed by atoms with Gasteiger partial charge in [0.15, 0.2) is 0 Å². The third kappa shape index (κ3) is 4.22. The molecule has 0 radical (unpaired) electrons. The van der Waals surface area contributed by atoms with Crippen molar-refractivity contribution in [1.29, 1.82) is 0 Å². The summed E-state index contributed by atoms with van der Waals surface area (Å²) in [7, 11) is 0. The normalized spacial score (nSPS) is 11.0. The zero-order valence-electron chi connectivity index (χ0n) is 16.0. The minimum atomic E-state index is -0.396. The molecule has 0 aliphatic heterocycles. The van der Waals surface area contributed by atoms with Gasteiger partial charge in [0.05, 0.1) is 35.0 Å². The Morgan fingerprint density at radius 1 is 1.17 bits per heavy atom. The highest BCUT2D eigenvalue weighted by molar-refractivity contribution is 6.38. The van der Waals surface area contributed by atoms with Gasteiger partial charge in [0.1, 0.15) is 12.4 Å². The molecule has 1 N–H and O–H groups in total. The molecule has 7 nitrogen and oxygen atoms in total. The lowest BCUT2D eigenvalue weighted by molar-refractivity contribution is -0.116. The molecule has 2 heterocycles. The fraction of sp³-hybridized carbons (Fsp3) is 0.143. The second kappa shape index (κ2) is 8.30. The van der Waals surface area contributed by atoms with Crippen LogP contribution in [0.1, 0.15) is 11.1 Å². The number of nitrogens with one attached hydrogen (secondary N) is 1. The Balaban J connectivity index is 1.53. The molecule has 0 saturated heterocycles. The smallest absolute Gasteiger partial charge is 0.261 e. The number of fused-ring (bicyclic) bond motifs is 1. The monoisotopic (exact) mass is 441 g/mol. The van der Waals surface area contributed by atoms with E-state index in [-0.39, 0.29) is 22.9 Å². The third-order valence-corrected chi connectivity index (χ3v) is 5.06. The van der Waals surface area contributed by atoms with Gasteiger partial charge in [-0.05, 0) is 24.6 Å². The van der Waals surface area contributed by atoms with Crippen LogP contribution in [0.3, 0.4) is 0 Å². The maximum Gasteiger partial charge on any atom is 0.261 e. The van der Waals surface area contributed by atoms with Crippen molar-refractivity contribution >= 4 is 45.8 Å². The number of rotatable bonds is 5. The number of anilines is 1. The van der Waals surface area contributed by atoms with E-state index in [0.29, 0.717) is 22.9 Å². The molecule has 0 fully saturated rings. The van der Waals surface area contributed by atoms with Gasteiger partial charge in [-0.15, -0.1) is 0 Å². The predicted molar refractivity (Wildman–Crippen MR) is 117 cm³/mol. The lowest BCUT2D eigenvalue weighted by atomic mass is 10.1. The summed E-state index contributed by atoms with van der Waals surface area (Å²) < 4.78 is 2.90. The number of hydrogen-bond acceptors (Lipinski definition) is 4. The van der Waals surface area contributed by atoms with Crippen LogP contribution < -0.4 is 10.9 Å². The first kappa shape index (κ1) is 20.1. The number of aromatic nitrogens is 4. The van der Waals surface area contributed by atoms with Crippen LogP contribution in [0.4, 0.5) is 5.82 Å². The van der Waals surface area contributed by atoms with E-state index in [0.717, 1.165) is 11.1 Å². The van der Waals surface area contributed by atoms with Crippen molar-refractivity contribution in [3.8, 4) is 0 Å². The molecule has 4 aromatic rings. The number of halogens is 2. The maximum absolute atomic E-state index is 12.7. The van der Waals surface area contributed by atoms with E-state index < -0.39 is 5.56 Å². The number of nitrogens with zero attached hydrogens (tertiary/aromatic N) is 4. The quantitative estimate of drug-likeness (QED) is 0.509. The maximum atomic E-state index is 12.7. The molecular weight excluding hydrogens is 425 g/mol. The number of amides is 1. The molecule has 4 rings (SSSR count). The topological polar surface area (TPSA) is 81.8 Å². The second-order valence-electron chi connectivity index (χ2n) is 6.87. The van der Waals surface area contributed by atoms with Crippen LogP contribution in [0.25, 0.3) is 10.9 Å². The van der Waals surface area contributed by atoms with Crippen molar-refractivity contribution in [3.05, 3.63) is 86.5 Å². The Morgan fingerprint density at radius 3 is 2.80 bits per heavy atom. The lowest BCUT2D eigenvalue weighted by Crippen LogP contribution is -2.28. The lowest BCUT2D eigenvalue weighted by Gasteiger charge is -2.11. The molecule has 0 atom stereocenters. The summed E-state index contributed by atoms with van der Waals surface area (Å²) in [5.74, 6) is 0.159. The summed E-state index contributed by atoms with van der Waals surface area (Å²) in [6.45, 7) is 2.32. The highest BCUT2D eigenvalue weighted by Gasteiger charge is 2.13. The molecule has 0 aliphatic carbocycles. The van der Waals surface area contributed by atoms with Gasteiger partial charge in [-0.1, -0.05) is 53.0 Å². The molecule has 2 aromatic carbocycles. The van der Waals surface area contributed by atoms with E-state index in [1.54, 1.807) is 16.9 Å². The fourth-order valence-electron chi connectivity index (χ4n) is 3.19. The van der Waals surface area contributed by atoms with Gasteiger partial charge < -0.3 is 5.32 Å². The van der Waals surface area contributed by atoms with Crippen molar-refractivity contribution in [2.45, 2.75) is 20.0 Å². The van der Waals surface area contributed by atoms with E-state index >= 15 is 0 Å². The van der Waals surface area contributed by atoms with Crippen molar-refractivity contribution in [2.75, 3.05) is 5.32 Å². The number of benzene rings is 2. The Kier molecular flexibility index (Phi) is 5.57. The van der Waals surface area contributed by atoms with E-state index in [1.807, 2.05) is 25.1 Å². The van der Waals surface area contributed by atoms with Gasteiger partial charge >= 0.3 is 0 Å². The molecule has 152 valence electrons. The first-order valence-corrected chi connectivity index (χ1v) is 9.88. The Morgan fingerprint density at radius 2 is 2.00 bits per heavy atom. The van der Waals surface area contributed by atoms with Crippen molar-refractivity contribution in [1.82, 2.24) is 19.3 Å². The standard InChI is InChI=1S/C21H17Cl2N5O2/c1-13-3-2-4-14(7-13)10-28-18(5-6-25-28)26-19(29)11-27-12-24-20-16(21(27)30)8-15(22)9-17(20)23/h2-9,12H,10-11H2,1H3,(H,26,29). The molecule has 0 spiro atoms. The van der Waals surface area contributed by atoms with Crippen LogP contribution in [0, 0.1) is 6.92 Å². The summed E-state index contributed by atoms with van der Waals surface area (Å²) in [6.07, 6.45) is 2.91. The van der Waals surface area contributed by atoms with Crippen LogP contribution in [-0.4, -0.2) is 25.2 Å². The summed E-state index contributed by atoms with van der Waals surface area (Å²) in [5, 5.41) is 7.93. The number of carbonyl (C=O) groups is 1. The van der Waals surface area contributed by atoms with E-state index in [1.165, 1.54) is 23.0 Å². The SMILES string of the molecule is Cc1cccc(Cn2nccc2NC(=O)Cn2cnc3c(Cl)cc(Cl)cc3c2=O)c1. The Bertz CT molecular complexity index is 1310. The summed E-state index contributed by atoms with van der Waals surface area (Å²) in [6, 6.07) is 12.8. The van der Waals surface area contributed by atoms with Crippen LogP contribution in [-0.2, 0) is 17.9 Å². The van der Waals surface area contributed by atoms with E-state index in [2.05, 4.69) is 21.5 Å². The predicted octanol–water partition coefficient (Wildman–Crippen LogP) is 3.90. The number of hydrogen-bond donors (Lipinski definition) is 1. The molecule has 9 heteroatoms. The van der Waals surface area contributed by atoms with Gasteiger partial charge in [-0.3, -0.25) is 14.2 Å². The highest BCUT2D eigenvalue weighted by atomic mass is 35.5. The Hall–Kier alpha value is -3.16. The first-order chi connectivity index (χ1) is 14.4. The van der Waals surface area contributed by atoms with Crippen molar-refractivity contribution < 1.29 is 4.79 Å². The summed E-state index contributed by atoms with van der Waals surface area (Å²) >= 11 is 12.1. The van der Waals surface area contributed by atoms with E-state index in [4.69, 9.17) is 23.2 Å². The third-order valence-electron chi connectivity index (χ3n) is 4.56. The van der Waals surface area contributed by atoms with Crippen LogP contribution in [0.2, 0.25) is 10.0 Å². The number of carbonyl (C=O) groups excluding carboxylic acids is 1. The average molecular weight is 442 g/mol. The van der Waals surface area contributed by atoms with Crippen molar-refractivity contribution in [3.63, 3.8) is 0 Å². The Labute approximate surface area is 181 Å². The fourth-order valence-corrected chi connectivity index (χ4v) is 3.73. The van der Waals surface area contributed by atoms with Gasteiger partial charge in [-0.25, -0.2) is 9.67 Å². The zero-order chi connectivity index (χ0) is 21.3.